The van der Waals surface area contributed by atoms with Gasteiger partial charge in [0, 0.05) is 30.1 Å². The summed E-state index contributed by atoms with van der Waals surface area (Å²) in [5, 5.41) is 19.8. The van der Waals surface area contributed by atoms with Crippen LogP contribution in [0.5, 0.6) is 5.88 Å². The van der Waals surface area contributed by atoms with E-state index in [-0.39, 0.29) is 36.3 Å². The van der Waals surface area contributed by atoms with Crippen LogP contribution in [-0.2, 0) is 4.79 Å². The number of nitrogens with zero attached hydrogens (tertiary/aromatic N) is 4. The lowest BCUT2D eigenvalue weighted by atomic mass is 9.81. The number of likely N-dealkylation sites (tertiary alicyclic amines) is 1. The summed E-state index contributed by atoms with van der Waals surface area (Å²) < 4.78 is 44.3. The Morgan fingerprint density at radius 1 is 1.16 bits per heavy atom. The third-order valence-electron chi connectivity index (χ3n) is 7.95. The maximum atomic E-state index is 13.3. The van der Waals surface area contributed by atoms with E-state index < -0.39 is 36.2 Å². The molecule has 1 aliphatic heterocycles. The number of hydrogen-bond donors (Lipinski definition) is 3. The van der Waals surface area contributed by atoms with Crippen LogP contribution < -0.4 is 10.1 Å². The van der Waals surface area contributed by atoms with Crippen LogP contribution in [0, 0.1) is 5.92 Å². The maximum Gasteiger partial charge on any atom is 0.417 e. The number of amides is 2. The molecule has 10 nitrogen and oxygen atoms in total. The molecule has 1 spiro atoms. The summed E-state index contributed by atoms with van der Waals surface area (Å²) in [4.78, 5) is 36.2. The molecule has 1 saturated heterocycles. The molecule has 3 heterocycles. The molecule has 200 valence electrons. The second-order valence-electron chi connectivity index (χ2n) is 10.3. The lowest BCUT2D eigenvalue weighted by Gasteiger charge is -2.41. The number of aliphatic hydroxyl groups is 1. The van der Waals surface area contributed by atoms with Crippen molar-refractivity contribution in [3.63, 3.8) is 0 Å². The van der Waals surface area contributed by atoms with Crippen molar-refractivity contribution in [2.75, 3.05) is 13.7 Å². The van der Waals surface area contributed by atoms with Crippen molar-refractivity contribution < 1.29 is 32.6 Å². The number of ether oxygens (including phenoxy) is 1. The zero-order valence-corrected chi connectivity index (χ0v) is 20.3. The second kappa shape index (κ2) is 9.26. The van der Waals surface area contributed by atoms with E-state index in [2.05, 4.69) is 25.5 Å². The molecule has 0 radical (unpaired) electrons. The van der Waals surface area contributed by atoms with Gasteiger partial charge in [0.25, 0.3) is 5.91 Å². The molecule has 1 atom stereocenters. The van der Waals surface area contributed by atoms with Crippen LogP contribution in [-0.4, -0.2) is 79.0 Å². The molecule has 0 aromatic carbocycles. The van der Waals surface area contributed by atoms with Gasteiger partial charge < -0.3 is 20.1 Å². The van der Waals surface area contributed by atoms with Crippen LogP contribution in [0.25, 0.3) is 11.4 Å². The number of aromatic amines is 1. The zero-order valence-electron chi connectivity index (χ0n) is 20.3. The van der Waals surface area contributed by atoms with Crippen LogP contribution in [0.4, 0.5) is 13.2 Å². The quantitative estimate of drug-likeness (QED) is 0.550. The summed E-state index contributed by atoms with van der Waals surface area (Å²) in [7, 11) is 1.50. The lowest BCUT2D eigenvalue weighted by molar-refractivity contribution is -0.270. The summed E-state index contributed by atoms with van der Waals surface area (Å²) in [6.45, 7) is 0.388. The molecular formula is C24H29F3N6O4. The van der Waals surface area contributed by atoms with Crippen LogP contribution in [0.1, 0.15) is 61.9 Å². The van der Waals surface area contributed by atoms with Gasteiger partial charge in [-0.15, -0.1) is 0 Å². The molecule has 3 aliphatic rings. The van der Waals surface area contributed by atoms with Crippen molar-refractivity contribution >= 4 is 11.8 Å². The number of aromatic nitrogens is 4. The highest BCUT2D eigenvalue weighted by Gasteiger charge is 2.56. The molecule has 3 N–H and O–H groups in total. The number of piperidine rings is 1. The first-order valence-electron chi connectivity index (χ1n) is 12.4. The maximum absolute atomic E-state index is 13.3. The molecule has 2 aromatic rings. The molecule has 2 saturated carbocycles. The highest BCUT2D eigenvalue weighted by Crippen LogP contribution is 2.50. The lowest BCUT2D eigenvalue weighted by Crippen LogP contribution is -2.54. The van der Waals surface area contributed by atoms with E-state index >= 15 is 0 Å². The zero-order chi connectivity index (χ0) is 26.4. The molecule has 13 heteroatoms. The van der Waals surface area contributed by atoms with E-state index in [9.17, 15) is 27.9 Å². The van der Waals surface area contributed by atoms with Gasteiger partial charge in [-0.05, 0) is 57.4 Å². The van der Waals surface area contributed by atoms with Gasteiger partial charge in [0.1, 0.15) is 6.33 Å². The molecule has 5 rings (SSSR count). The fraction of sp³-hybridized carbons (Fsp3) is 0.625. The summed E-state index contributed by atoms with van der Waals surface area (Å²) >= 11 is 0. The summed E-state index contributed by atoms with van der Waals surface area (Å²) in [6.07, 6.45) is -1.49. The second-order valence-corrected chi connectivity index (χ2v) is 10.3. The van der Waals surface area contributed by atoms with Gasteiger partial charge >= 0.3 is 6.18 Å². The van der Waals surface area contributed by atoms with Crippen molar-refractivity contribution in [1.82, 2.24) is 30.4 Å². The molecule has 0 unspecified atom stereocenters. The SMILES string of the molecule is COc1cc(-c2cc(C(=O)N3CC[C@@H](C(=O)NC4CCC(O)(C(F)(F)F)CC4)CC34CC4)n[nH]2)ncn1. The molecule has 2 aliphatic carbocycles. The van der Waals surface area contributed by atoms with E-state index in [4.69, 9.17) is 4.74 Å². The van der Waals surface area contributed by atoms with E-state index in [0.29, 0.717) is 36.7 Å². The Labute approximate surface area is 211 Å². The monoisotopic (exact) mass is 522 g/mol. The topological polar surface area (TPSA) is 133 Å². The van der Waals surface area contributed by atoms with Crippen LogP contribution in [0.15, 0.2) is 18.5 Å². The summed E-state index contributed by atoms with van der Waals surface area (Å²) in [6, 6.07) is 2.86. The summed E-state index contributed by atoms with van der Waals surface area (Å²) in [5.74, 6) is -0.355. The fourth-order valence-corrected chi connectivity index (χ4v) is 5.49. The minimum absolute atomic E-state index is 0.0733. The van der Waals surface area contributed by atoms with Crippen LogP contribution in [0.2, 0.25) is 0 Å². The van der Waals surface area contributed by atoms with Crippen molar-refractivity contribution in [2.24, 2.45) is 5.92 Å². The minimum Gasteiger partial charge on any atom is -0.481 e. The first-order chi connectivity index (χ1) is 17.5. The molecule has 3 fully saturated rings. The summed E-state index contributed by atoms with van der Waals surface area (Å²) in [5.41, 5.74) is -1.75. The van der Waals surface area contributed by atoms with E-state index in [0.717, 1.165) is 12.8 Å². The number of methoxy groups -OCH3 is 1. The smallest absolute Gasteiger partial charge is 0.417 e. The normalized spacial score (nSPS) is 27.1. The Hall–Kier alpha value is -3.22. The Bertz CT molecular complexity index is 1170. The number of H-pyrrole nitrogens is 1. The Kier molecular flexibility index (Phi) is 6.37. The average Bonchev–Trinajstić information content (AvgIpc) is 3.45. The number of rotatable bonds is 5. The number of nitrogens with one attached hydrogen (secondary N) is 2. The van der Waals surface area contributed by atoms with Gasteiger partial charge in [0.15, 0.2) is 11.3 Å². The van der Waals surface area contributed by atoms with Crippen LogP contribution >= 0.6 is 0 Å². The molecular weight excluding hydrogens is 493 g/mol. The predicted molar refractivity (Wildman–Crippen MR) is 123 cm³/mol. The number of carbonyl (C=O) groups excluding carboxylic acids is 2. The largest absolute Gasteiger partial charge is 0.481 e. The Morgan fingerprint density at radius 3 is 2.54 bits per heavy atom. The van der Waals surface area contributed by atoms with Crippen molar-refractivity contribution in [3.8, 4) is 17.3 Å². The standard InChI is InChI=1S/C24H29F3N6O4/c1-37-19-11-16(28-13-29-19)17-10-18(32-31-17)21(35)33-9-4-14(12-22(33)7-8-22)20(34)30-15-2-5-23(36,6-3-15)24(25,26)27/h10-11,13-15,36H,2-9,12H2,1H3,(H,30,34)(H,31,32)/t14-,15?,23?/m1/s1. The van der Waals surface area contributed by atoms with E-state index in [1.807, 2.05) is 0 Å². The fourth-order valence-electron chi connectivity index (χ4n) is 5.49. The third kappa shape index (κ3) is 4.88. The number of hydrogen-bond acceptors (Lipinski definition) is 7. The van der Waals surface area contributed by atoms with Gasteiger partial charge in [0.2, 0.25) is 11.8 Å². The number of halogens is 3. The van der Waals surface area contributed by atoms with Gasteiger partial charge in [-0.25, -0.2) is 9.97 Å². The van der Waals surface area contributed by atoms with E-state index in [1.165, 1.54) is 13.4 Å². The molecule has 37 heavy (non-hydrogen) atoms. The predicted octanol–water partition coefficient (Wildman–Crippen LogP) is 2.61. The molecule has 2 aromatic heterocycles. The van der Waals surface area contributed by atoms with Crippen molar-refractivity contribution in [2.45, 2.75) is 74.7 Å². The van der Waals surface area contributed by atoms with Gasteiger partial charge in [-0.2, -0.15) is 18.3 Å². The van der Waals surface area contributed by atoms with Gasteiger partial charge in [0.05, 0.1) is 18.5 Å². The van der Waals surface area contributed by atoms with Crippen molar-refractivity contribution in [1.29, 1.82) is 0 Å². The Morgan fingerprint density at radius 2 is 1.89 bits per heavy atom. The highest BCUT2D eigenvalue weighted by atomic mass is 19.4. The number of alkyl halides is 3. The number of carbonyl (C=O) groups is 2. The first kappa shape index (κ1) is 25.4. The highest BCUT2D eigenvalue weighted by molar-refractivity contribution is 5.94. The Balaban J connectivity index is 1.19. The van der Waals surface area contributed by atoms with Gasteiger partial charge in [-0.3, -0.25) is 14.7 Å². The van der Waals surface area contributed by atoms with Crippen molar-refractivity contribution in [3.05, 3.63) is 24.2 Å². The van der Waals surface area contributed by atoms with Gasteiger partial charge in [-0.1, -0.05) is 0 Å². The minimum atomic E-state index is -4.67. The van der Waals surface area contributed by atoms with Crippen LogP contribution in [0.3, 0.4) is 0 Å². The third-order valence-corrected chi connectivity index (χ3v) is 7.95. The first-order valence-corrected chi connectivity index (χ1v) is 12.4. The average molecular weight is 523 g/mol. The molecule has 0 bridgehead atoms. The van der Waals surface area contributed by atoms with E-state index in [1.54, 1.807) is 17.0 Å². The molecule has 2 amide bonds.